The Hall–Kier alpha value is -2.55. The summed E-state index contributed by atoms with van der Waals surface area (Å²) in [5.41, 5.74) is 1.37. The summed E-state index contributed by atoms with van der Waals surface area (Å²) in [7, 11) is -1.17. The number of hydrogen-bond donors (Lipinski definition) is 1. The molecule has 0 saturated heterocycles. The molecule has 1 aromatic heterocycles. The number of aromatic nitrogens is 3. The molecule has 0 spiro atoms. The molecular weight excluding hydrogens is 328 g/mol. The fourth-order valence-corrected chi connectivity index (χ4v) is 2.95. The third-order valence-corrected chi connectivity index (χ3v) is 4.15. The van der Waals surface area contributed by atoms with Crippen LogP contribution in [0.5, 0.6) is 5.75 Å². The minimum atomic E-state index is -1.17. The monoisotopic (exact) mass is 345 g/mol. The number of alkyl halides is 1. The van der Waals surface area contributed by atoms with Crippen LogP contribution >= 0.6 is 0 Å². The Balaban J connectivity index is 1.68. The molecule has 0 saturated carbocycles. The first-order valence-corrected chi connectivity index (χ1v) is 7.92. The highest BCUT2D eigenvalue weighted by Crippen LogP contribution is 2.36. The SMILES string of the molecule is CC(=O)c1cccc2c1OB(O)[C@@H](CC(=O)Cn1cc(CF)nn1)C2. The number of rotatable bonds is 6. The number of carbonyl (C=O) groups is 2. The largest absolute Gasteiger partial charge is 0.535 e. The molecule has 2 aromatic rings. The van der Waals surface area contributed by atoms with Crippen molar-refractivity contribution in [2.75, 3.05) is 0 Å². The van der Waals surface area contributed by atoms with E-state index in [-0.39, 0.29) is 30.2 Å². The second kappa shape index (κ2) is 7.14. The fraction of sp³-hybridized carbons (Fsp3) is 0.375. The van der Waals surface area contributed by atoms with Crippen molar-refractivity contribution < 1.29 is 23.7 Å². The third-order valence-electron chi connectivity index (χ3n) is 4.15. The predicted octanol–water partition coefficient (Wildman–Crippen LogP) is 1.40. The Labute approximate surface area is 143 Å². The molecule has 1 aliphatic heterocycles. The maximum absolute atomic E-state index is 12.5. The Morgan fingerprint density at radius 1 is 1.48 bits per heavy atom. The summed E-state index contributed by atoms with van der Waals surface area (Å²) in [6, 6.07) is 5.21. The topological polar surface area (TPSA) is 94.3 Å². The van der Waals surface area contributed by atoms with Gasteiger partial charge in [0.15, 0.2) is 11.6 Å². The Morgan fingerprint density at radius 2 is 2.28 bits per heavy atom. The van der Waals surface area contributed by atoms with Crippen molar-refractivity contribution >= 4 is 18.7 Å². The zero-order valence-electron chi connectivity index (χ0n) is 13.7. The van der Waals surface area contributed by atoms with Crippen LogP contribution in [0, 0.1) is 0 Å². The minimum absolute atomic E-state index is 0.0451. The first kappa shape index (κ1) is 17.3. The summed E-state index contributed by atoms with van der Waals surface area (Å²) in [5, 5.41) is 17.5. The molecule has 0 radical (unpaired) electrons. The Morgan fingerprint density at radius 3 is 2.96 bits per heavy atom. The van der Waals surface area contributed by atoms with E-state index in [9.17, 15) is 19.0 Å². The van der Waals surface area contributed by atoms with Gasteiger partial charge in [-0.15, -0.1) is 5.10 Å². The summed E-state index contributed by atoms with van der Waals surface area (Å²) in [4.78, 5) is 23.9. The van der Waals surface area contributed by atoms with Gasteiger partial charge in [0.2, 0.25) is 0 Å². The number of Topliss-reactive ketones (excluding diaryl/α,β-unsaturated/α-hetero) is 2. The molecule has 1 aliphatic rings. The second-order valence-electron chi connectivity index (χ2n) is 6.11. The van der Waals surface area contributed by atoms with Gasteiger partial charge in [0.25, 0.3) is 0 Å². The van der Waals surface area contributed by atoms with E-state index in [2.05, 4.69) is 10.3 Å². The first-order valence-electron chi connectivity index (χ1n) is 7.92. The molecule has 0 bridgehead atoms. The van der Waals surface area contributed by atoms with Crippen LogP contribution in [0.1, 0.15) is 35.0 Å². The van der Waals surface area contributed by atoms with Crippen LogP contribution in [0.15, 0.2) is 24.4 Å². The molecular formula is C16H17BFN3O4. The van der Waals surface area contributed by atoms with Gasteiger partial charge >= 0.3 is 7.12 Å². The lowest BCUT2D eigenvalue weighted by Crippen LogP contribution is -2.36. The van der Waals surface area contributed by atoms with E-state index < -0.39 is 19.6 Å². The zero-order valence-corrected chi connectivity index (χ0v) is 13.7. The number of nitrogens with zero attached hydrogens (tertiary/aromatic N) is 3. The van der Waals surface area contributed by atoms with Crippen LogP contribution < -0.4 is 4.65 Å². The Kier molecular flexibility index (Phi) is 4.94. The number of halogens is 1. The van der Waals surface area contributed by atoms with Crippen LogP contribution in [0.3, 0.4) is 0 Å². The molecule has 0 fully saturated rings. The van der Waals surface area contributed by atoms with Crippen molar-refractivity contribution in [3.05, 3.63) is 41.2 Å². The molecule has 0 aliphatic carbocycles. The Bertz CT molecular complexity index is 810. The average Bonchev–Trinajstić information content (AvgIpc) is 3.02. The van der Waals surface area contributed by atoms with Gasteiger partial charge < -0.3 is 9.68 Å². The van der Waals surface area contributed by atoms with Crippen LogP contribution in [-0.2, 0) is 24.4 Å². The van der Waals surface area contributed by atoms with Crippen molar-refractivity contribution in [1.29, 1.82) is 0 Å². The second-order valence-corrected chi connectivity index (χ2v) is 6.11. The summed E-state index contributed by atoms with van der Waals surface area (Å²) in [6.07, 6.45) is 1.88. The standard InChI is InChI=1S/C16H17BFN3O4/c1-10(22)15-4-2-3-11-5-12(17(24)25-16(11)15)6-14(23)9-21-8-13(7-18)19-20-21/h2-4,8,12,24H,5-7,9H2,1H3/t12-/m1/s1. The first-order chi connectivity index (χ1) is 12.0. The highest BCUT2D eigenvalue weighted by Gasteiger charge is 2.37. The highest BCUT2D eigenvalue weighted by molar-refractivity contribution is 6.47. The van der Waals surface area contributed by atoms with Gasteiger partial charge in [-0.2, -0.15) is 0 Å². The molecule has 7 nitrogen and oxygen atoms in total. The van der Waals surface area contributed by atoms with Crippen molar-refractivity contribution in [2.45, 2.75) is 38.8 Å². The lowest BCUT2D eigenvalue weighted by Gasteiger charge is -2.28. The van der Waals surface area contributed by atoms with Crippen LogP contribution in [0.4, 0.5) is 4.39 Å². The summed E-state index contributed by atoms with van der Waals surface area (Å²) >= 11 is 0. The van der Waals surface area contributed by atoms with Gasteiger partial charge in [0, 0.05) is 12.2 Å². The van der Waals surface area contributed by atoms with Gasteiger partial charge in [-0.1, -0.05) is 17.3 Å². The molecule has 130 valence electrons. The van der Waals surface area contributed by atoms with Crippen molar-refractivity contribution in [3.8, 4) is 5.75 Å². The van der Waals surface area contributed by atoms with Gasteiger partial charge in [0.05, 0.1) is 11.8 Å². The predicted molar refractivity (Wildman–Crippen MR) is 87.0 cm³/mol. The number of carbonyl (C=O) groups excluding carboxylic acids is 2. The number of benzene rings is 1. The molecule has 0 unspecified atom stereocenters. The minimum Gasteiger partial charge on any atom is -0.535 e. The van der Waals surface area contributed by atoms with Gasteiger partial charge in [-0.05, 0) is 25.0 Å². The molecule has 1 aromatic carbocycles. The van der Waals surface area contributed by atoms with Crippen LogP contribution in [0.2, 0.25) is 5.82 Å². The van der Waals surface area contributed by atoms with Crippen molar-refractivity contribution in [1.82, 2.24) is 15.0 Å². The van der Waals surface area contributed by atoms with Crippen molar-refractivity contribution in [2.24, 2.45) is 0 Å². The van der Waals surface area contributed by atoms with E-state index in [4.69, 9.17) is 4.65 Å². The third kappa shape index (κ3) is 3.76. The van der Waals surface area contributed by atoms with E-state index in [1.54, 1.807) is 12.1 Å². The average molecular weight is 345 g/mol. The van der Waals surface area contributed by atoms with E-state index in [1.807, 2.05) is 6.07 Å². The molecule has 25 heavy (non-hydrogen) atoms. The maximum Gasteiger partial charge on any atom is 0.526 e. The van der Waals surface area contributed by atoms with Gasteiger partial charge in [-0.3, -0.25) is 9.59 Å². The molecule has 0 amide bonds. The molecule has 3 rings (SSSR count). The quantitative estimate of drug-likeness (QED) is 0.628. The summed E-state index contributed by atoms with van der Waals surface area (Å²) in [5.74, 6) is -0.357. The van der Waals surface area contributed by atoms with Crippen LogP contribution in [-0.4, -0.2) is 38.7 Å². The number of fused-ring (bicyclic) bond motifs is 1. The van der Waals surface area contributed by atoms with E-state index in [0.29, 0.717) is 17.7 Å². The normalized spacial score (nSPS) is 16.3. The van der Waals surface area contributed by atoms with Gasteiger partial charge in [-0.25, -0.2) is 9.07 Å². The van der Waals surface area contributed by atoms with E-state index >= 15 is 0 Å². The maximum atomic E-state index is 12.5. The zero-order chi connectivity index (χ0) is 18.0. The lowest BCUT2D eigenvalue weighted by molar-refractivity contribution is -0.120. The summed E-state index contributed by atoms with van der Waals surface area (Å²) in [6.45, 7) is 0.653. The molecule has 9 heteroatoms. The lowest BCUT2D eigenvalue weighted by atomic mass is 9.64. The smallest absolute Gasteiger partial charge is 0.526 e. The molecule has 1 N–H and O–H groups in total. The van der Waals surface area contributed by atoms with E-state index in [1.165, 1.54) is 17.8 Å². The number of para-hydroxylation sites is 1. The highest BCUT2D eigenvalue weighted by atomic mass is 19.1. The number of ketones is 2. The fourth-order valence-electron chi connectivity index (χ4n) is 2.95. The van der Waals surface area contributed by atoms with Crippen molar-refractivity contribution in [3.63, 3.8) is 0 Å². The molecule has 2 heterocycles. The van der Waals surface area contributed by atoms with E-state index in [0.717, 1.165) is 5.56 Å². The molecule has 1 atom stereocenters. The van der Waals surface area contributed by atoms with Crippen LogP contribution in [0.25, 0.3) is 0 Å². The summed E-state index contributed by atoms with van der Waals surface area (Å²) < 4.78 is 19.2. The van der Waals surface area contributed by atoms with Gasteiger partial charge in [0.1, 0.15) is 24.7 Å². The number of hydrogen-bond acceptors (Lipinski definition) is 6.